The number of anilines is 1. The molecule has 4 saturated heterocycles. The van der Waals surface area contributed by atoms with E-state index in [1.807, 2.05) is 24.3 Å². The van der Waals surface area contributed by atoms with Crippen molar-refractivity contribution in [2.24, 2.45) is 0 Å². The van der Waals surface area contributed by atoms with E-state index in [4.69, 9.17) is 9.47 Å². The first-order chi connectivity index (χ1) is 22.2. The van der Waals surface area contributed by atoms with Gasteiger partial charge in [0.15, 0.2) is 6.29 Å². The average Bonchev–Trinajstić information content (AvgIpc) is 3.84. The van der Waals surface area contributed by atoms with E-state index in [-0.39, 0.29) is 31.8 Å². The molecule has 2 N–H and O–H groups in total. The SMILES string of the molecule is O=C(Nc1ccc(C2OC(CN3CCCC3CN3CCCC3)CC(c3ccc(CO)cc3)O2)cc1)C1CCCN1C(=O)C(F)(F)F. The number of rotatable bonds is 9. The van der Waals surface area contributed by atoms with E-state index in [1.54, 1.807) is 24.3 Å². The van der Waals surface area contributed by atoms with Gasteiger partial charge in [0.2, 0.25) is 5.91 Å². The second-order valence-corrected chi connectivity index (χ2v) is 12.9. The van der Waals surface area contributed by atoms with Gasteiger partial charge in [0.25, 0.3) is 0 Å². The zero-order valence-electron chi connectivity index (χ0n) is 26.0. The molecule has 0 bridgehead atoms. The fraction of sp³-hybridized carbons (Fsp3) is 0.588. The van der Waals surface area contributed by atoms with Gasteiger partial charge in [-0.25, -0.2) is 0 Å². The van der Waals surface area contributed by atoms with Crippen LogP contribution >= 0.6 is 0 Å². The van der Waals surface area contributed by atoms with Gasteiger partial charge < -0.3 is 29.7 Å². The zero-order valence-corrected chi connectivity index (χ0v) is 26.0. The smallest absolute Gasteiger partial charge is 0.392 e. The quantitative estimate of drug-likeness (QED) is 0.406. The number of ether oxygens (including phenoxy) is 2. The summed E-state index contributed by atoms with van der Waals surface area (Å²) in [6.45, 7) is 5.14. The molecule has 250 valence electrons. The Hall–Kier alpha value is -3.03. The van der Waals surface area contributed by atoms with Crippen molar-refractivity contribution in [1.29, 1.82) is 0 Å². The van der Waals surface area contributed by atoms with Crippen molar-refractivity contribution >= 4 is 17.5 Å². The van der Waals surface area contributed by atoms with Crippen LogP contribution in [0.5, 0.6) is 0 Å². The molecule has 0 saturated carbocycles. The van der Waals surface area contributed by atoms with Crippen molar-refractivity contribution in [3.63, 3.8) is 0 Å². The molecule has 2 aromatic carbocycles. The highest BCUT2D eigenvalue weighted by molar-refractivity contribution is 5.98. The van der Waals surface area contributed by atoms with Crippen molar-refractivity contribution in [2.75, 3.05) is 44.6 Å². The van der Waals surface area contributed by atoms with E-state index < -0.39 is 30.3 Å². The number of carbonyl (C=O) groups excluding carboxylic acids is 2. The molecule has 0 spiro atoms. The Morgan fingerprint density at radius 3 is 2.24 bits per heavy atom. The van der Waals surface area contributed by atoms with Crippen LogP contribution in [0.3, 0.4) is 0 Å². The van der Waals surface area contributed by atoms with E-state index in [1.165, 1.54) is 38.8 Å². The lowest BCUT2D eigenvalue weighted by Gasteiger charge is -2.39. The van der Waals surface area contributed by atoms with Gasteiger partial charge in [-0.2, -0.15) is 13.2 Å². The Morgan fingerprint density at radius 2 is 1.54 bits per heavy atom. The highest BCUT2D eigenvalue weighted by Gasteiger charge is 2.47. The predicted molar refractivity (Wildman–Crippen MR) is 165 cm³/mol. The Morgan fingerprint density at radius 1 is 0.848 bits per heavy atom. The number of alkyl halides is 3. The maximum Gasteiger partial charge on any atom is 0.471 e. The molecule has 4 fully saturated rings. The van der Waals surface area contributed by atoms with Crippen LogP contribution in [0.25, 0.3) is 0 Å². The third-order valence-corrected chi connectivity index (χ3v) is 9.73. The first kappa shape index (κ1) is 32.9. The van der Waals surface area contributed by atoms with Gasteiger partial charge in [0.05, 0.1) is 18.8 Å². The van der Waals surface area contributed by atoms with E-state index in [9.17, 15) is 27.9 Å². The summed E-state index contributed by atoms with van der Waals surface area (Å²) in [5, 5.41) is 12.2. The minimum absolute atomic E-state index is 0.0339. The summed E-state index contributed by atoms with van der Waals surface area (Å²) in [5.41, 5.74) is 2.99. The Labute approximate surface area is 267 Å². The number of aliphatic hydroxyl groups is 1. The lowest BCUT2D eigenvalue weighted by Crippen LogP contribution is -2.48. The summed E-state index contributed by atoms with van der Waals surface area (Å²) in [6, 6.07) is 14.0. The predicted octanol–water partition coefficient (Wildman–Crippen LogP) is 4.78. The number of nitrogens with zero attached hydrogens (tertiary/aromatic N) is 3. The maximum absolute atomic E-state index is 13.0. The summed E-state index contributed by atoms with van der Waals surface area (Å²) in [5.74, 6) is -2.63. The molecule has 2 amide bonds. The number of nitrogens with one attached hydrogen (secondary N) is 1. The summed E-state index contributed by atoms with van der Waals surface area (Å²) in [4.78, 5) is 30.4. The number of halogens is 3. The molecule has 0 aliphatic carbocycles. The Bertz CT molecular complexity index is 1340. The van der Waals surface area contributed by atoms with Crippen LogP contribution in [0.2, 0.25) is 0 Å². The van der Waals surface area contributed by atoms with Crippen LogP contribution < -0.4 is 5.32 Å². The Balaban J connectivity index is 1.14. The summed E-state index contributed by atoms with van der Waals surface area (Å²) in [7, 11) is 0. The number of benzene rings is 2. The van der Waals surface area contributed by atoms with Gasteiger partial charge in [0.1, 0.15) is 6.04 Å². The fourth-order valence-electron chi connectivity index (χ4n) is 7.29. The van der Waals surface area contributed by atoms with Crippen molar-refractivity contribution in [2.45, 2.75) is 88.3 Å². The van der Waals surface area contributed by atoms with Gasteiger partial charge in [0, 0.05) is 43.3 Å². The monoisotopic (exact) mass is 644 g/mol. The first-order valence-electron chi connectivity index (χ1n) is 16.4. The second-order valence-electron chi connectivity index (χ2n) is 12.9. The highest BCUT2D eigenvalue weighted by Crippen LogP contribution is 2.39. The average molecular weight is 645 g/mol. The summed E-state index contributed by atoms with van der Waals surface area (Å²) < 4.78 is 52.2. The van der Waals surface area contributed by atoms with Gasteiger partial charge in [-0.05, 0) is 81.4 Å². The number of hydrogen-bond acceptors (Lipinski definition) is 7. The molecule has 2 aromatic rings. The van der Waals surface area contributed by atoms with Gasteiger partial charge in [-0.15, -0.1) is 0 Å². The van der Waals surface area contributed by atoms with Crippen LogP contribution in [0, 0.1) is 0 Å². The van der Waals surface area contributed by atoms with Crippen LogP contribution in [-0.4, -0.2) is 95.3 Å². The van der Waals surface area contributed by atoms with Crippen molar-refractivity contribution in [3.8, 4) is 0 Å². The molecule has 4 heterocycles. The lowest BCUT2D eigenvalue weighted by molar-refractivity contribution is -0.253. The minimum atomic E-state index is -5.02. The number of hydrogen-bond donors (Lipinski definition) is 2. The first-order valence-corrected chi connectivity index (χ1v) is 16.4. The lowest BCUT2D eigenvalue weighted by atomic mass is 9.99. The normalized spacial score (nSPS) is 27.7. The third-order valence-electron chi connectivity index (χ3n) is 9.73. The van der Waals surface area contributed by atoms with E-state index in [0.717, 1.165) is 36.3 Å². The molecule has 9 nitrogen and oxygen atoms in total. The number of carbonyl (C=O) groups is 2. The molecule has 12 heteroatoms. The van der Waals surface area contributed by atoms with Crippen LogP contribution in [0.15, 0.2) is 48.5 Å². The molecule has 5 unspecified atom stereocenters. The molecular formula is C34H43F3N4O5. The van der Waals surface area contributed by atoms with Crippen molar-refractivity contribution < 1.29 is 37.3 Å². The highest BCUT2D eigenvalue weighted by atomic mass is 19.4. The second kappa shape index (κ2) is 14.4. The molecule has 6 rings (SSSR count). The summed E-state index contributed by atoms with van der Waals surface area (Å²) >= 11 is 0. The Kier molecular flexibility index (Phi) is 10.3. The maximum atomic E-state index is 13.0. The number of aliphatic hydroxyl groups excluding tert-OH is 1. The van der Waals surface area contributed by atoms with Crippen molar-refractivity contribution in [1.82, 2.24) is 14.7 Å². The zero-order chi connectivity index (χ0) is 32.3. The largest absolute Gasteiger partial charge is 0.471 e. The molecule has 46 heavy (non-hydrogen) atoms. The molecule has 4 aliphatic rings. The van der Waals surface area contributed by atoms with Crippen LogP contribution in [-0.2, 0) is 25.7 Å². The van der Waals surface area contributed by atoms with E-state index >= 15 is 0 Å². The number of amides is 2. The third kappa shape index (κ3) is 7.74. The van der Waals surface area contributed by atoms with Crippen molar-refractivity contribution in [3.05, 3.63) is 65.2 Å². The summed E-state index contributed by atoms with van der Waals surface area (Å²) in [6.07, 6.45) is 0.0914. The van der Waals surface area contributed by atoms with Gasteiger partial charge in [-0.3, -0.25) is 14.5 Å². The minimum Gasteiger partial charge on any atom is -0.392 e. The van der Waals surface area contributed by atoms with Crippen LogP contribution in [0.4, 0.5) is 18.9 Å². The van der Waals surface area contributed by atoms with Gasteiger partial charge in [-0.1, -0.05) is 36.4 Å². The fourth-order valence-corrected chi connectivity index (χ4v) is 7.29. The van der Waals surface area contributed by atoms with Gasteiger partial charge >= 0.3 is 12.1 Å². The van der Waals surface area contributed by atoms with E-state index in [0.29, 0.717) is 29.5 Å². The standard InChI is InChI=1S/C34H43F3N4O5/c35-34(36,37)33(44)41-18-4-6-29(41)31(43)38-26-13-11-25(12-14-26)32-45-28(19-30(46-32)24-9-7-23(22-42)8-10-24)21-40-17-3-5-27(40)20-39-15-1-2-16-39/h7-14,27-30,32,42H,1-6,15-22H2,(H,38,43). The van der Waals surface area contributed by atoms with E-state index in [2.05, 4.69) is 15.1 Å². The van der Waals surface area contributed by atoms with Crippen LogP contribution in [0.1, 0.15) is 74.0 Å². The molecule has 5 atom stereocenters. The topological polar surface area (TPSA) is 94.6 Å². The molecule has 4 aliphatic heterocycles. The number of likely N-dealkylation sites (tertiary alicyclic amines) is 3. The molecular weight excluding hydrogens is 601 g/mol. The molecule has 0 aromatic heterocycles. The molecule has 0 radical (unpaired) electrons.